The number of nitrogens with zero attached hydrogens (tertiary/aromatic N) is 2. The van der Waals surface area contributed by atoms with Crippen molar-refractivity contribution in [1.82, 2.24) is 4.98 Å². The van der Waals surface area contributed by atoms with E-state index in [1.165, 1.54) is 24.4 Å². The van der Waals surface area contributed by atoms with Gasteiger partial charge in [0.05, 0.1) is 18.4 Å². The van der Waals surface area contributed by atoms with Crippen LogP contribution in [0.3, 0.4) is 0 Å². The molecule has 0 atom stereocenters. The Morgan fingerprint density at radius 2 is 1.86 bits per heavy atom. The fraction of sp³-hybridized carbons (Fsp3) is 0.158. The van der Waals surface area contributed by atoms with Gasteiger partial charge in [-0.1, -0.05) is 12.6 Å². The number of aromatic nitrogens is 1. The van der Waals surface area contributed by atoms with Crippen LogP contribution < -0.4 is 21.9 Å². The molecular weight excluding hydrogens is 371 g/mol. The first-order valence-corrected chi connectivity index (χ1v) is 8.02. The fourth-order valence-corrected chi connectivity index (χ4v) is 2.67. The average Bonchev–Trinajstić information content (AvgIpc) is 2.60. The van der Waals surface area contributed by atoms with Crippen molar-refractivity contribution in [1.29, 1.82) is 0 Å². The van der Waals surface area contributed by atoms with Crippen LogP contribution in [0, 0.1) is 0 Å². The van der Waals surface area contributed by atoms with Crippen molar-refractivity contribution in [3.63, 3.8) is 0 Å². The second-order valence-electron chi connectivity index (χ2n) is 5.87. The molecule has 9 heteroatoms. The first kappa shape index (κ1) is 20.8. The largest absolute Gasteiger partial charge is 0.495 e. The Kier molecular flexibility index (Phi) is 5.97. The van der Waals surface area contributed by atoms with Crippen LogP contribution >= 0.6 is 0 Å². The molecule has 6 N–H and O–H groups in total. The van der Waals surface area contributed by atoms with Gasteiger partial charge in [0.1, 0.15) is 17.4 Å². The van der Waals surface area contributed by atoms with Crippen LogP contribution in [-0.4, -0.2) is 17.8 Å². The van der Waals surface area contributed by atoms with Gasteiger partial charge in [-0.2, -0.15) is 13.2 Å². The molecule has 2 aromatic rings. The minimum atomic E-state index is -4.63. The number of aliphatic imine (C=N–C) groups is 1. The third kappa shape index (κ3) is 4.43. The second-order valence-corrected chi connectivity index (χ2v) is 5.87. The molecule has 0 saturated heterocycles. The second kappa shape index (κ2) is 8.03. The van der Waals surface area contributed by atoms with E-state index in [0.717, 1.165) is 13.2 Å². The monoisotopic (exact) mass is 391 g/mol. The number of halogens is 3. The number of hydrogen-bond acceptors (Lipinski definition) is 6. The Hall–Kier alpha value is -3.49. The summed E-state index contributed by atoms with van der Waals surface area (Å²) in [5.74, 6) is -0.245. The fourth-order valence-electron chi connectivity index (χ4n) is 2.67. The van der Waals surface area contributed by atoms with Crippen LogP contribution in [-0.2, 0) is 6.18 Å². The Morgan fingerprint density at radius 3 is 2.32 bits per heavy atom. The number of ether oxygens (including phenoxy) is 1. The number of para-hydroxylation sites is 1. The number of anilines is 1. The molecule has 2 rings (SSSR count). The Balaban J connectivity index is 2.84. The summed E-state index contributed by atoms with van der Waals surface area (Å²) < 4.78 is 45.4. The number of rotatable bonds is 5. The summed E-state index contributed by atoms with van der Waals surface area (Å²) in [7, 11) is 1.15. The number of nitrogen functional groups attached to an aromatic ring is 1. The van der Waals surface area contributed by atoms with Crippen LogP contribution in [0.15, 0.2) is 59.6 Å². The van der Waals surface area contributed by atoms with Crippen molar-refractivity contribution in [3.05, 3.63) is 71.3 Å². The zero-order valence-electron chi connectivity index (χ0n) is 15.3. The summed E-state index contributed by atoms with van der Waals surface area (Å²) in [6.07, 6.45) is -3.19. The number of pyridine rings is 1. The molecular formula is C19H20F3N5O. The SMILES string of the molecule is C=C(N)N=C(/C(=C(/C)N)c1ccc(N)nc1)c1cccc(C(F)(F)F)c1OC. The lowest BCUT2D eigenvalue weighted by Crippen LogP contribution is -2.16. The smallest absolute Gasteiger partial charge is 0.419 e. The van der Waals surface area contributed by atoms with Crippen molar-refractivity contribution >= 4 is 17.1 Å². The van der Waals surface area contributed by atoms with Gasteiger partial charge in [0.2, 0.25) is 0 Å². The minimum Gasteiger partial charge on any atom is -0.495 e. The van der Waals surface area contributed by atoms with Gasteiger partial charge in [-0.05, 0) is 31.2 Å². The molecule has 0 fully saturated rings. The highest BCUT2D eigenvalue weighted by atomic mass is 19.4. The molecule has 0 unspecified atom stereocenters. The van der Waals surface area contributed by atoms with Crippen LogP contribution in [0.25, 0.3) is 5.57 Å². The van der Waals surface area contributed by atoms with Gasteiger partial charge in [-0.3, -0.25) is 0 Å². The molecule has 1 aromatic heterocycles. The zero-order valence-corrected chi connectivity index (χ0v) is 15.3. The number of methoxy groups -OCH3 is 1. The molecule has 28 heavy (non-hydrogen) atoms. The first-order valence-electron chi connectivity index (χ1n) is 8.02. The van der Waals surface area contributed by atoms with E-state index in [1.54, 1.807) is 13.0 Å². The average molecular weight is 391 g/mol. The molecule has 0 spiro atoms. The van der Waals surface area contributed by atoms with Gasteiger partial charge in [0, 0.05) is 28.6 Å². The third-order valence-electron chi connectivity index (χ3n) is 3.74. The van der Waals surface area contributed by atoms with Gasteiger partial charge in [0.15, 0.2) is 0 Å². The van der Waals surface area contributed by atoms with Crippen molar-refractivity contribution in [3.8, 4) is 5.75 Å². The summed E-state index contributed by atoms with van der Waals surface area (Å²) in [5, 5.41) is 0. The Labute approximate surface area is 160 Å². The number of alkyl halides is 3. The maximum Gasteiger partial charge on any atom is 0.419 e. The van der Waals surface area contributed by atoms with Crippen molar-refractivity contribution in [2.75, 3.05) is 12.8 Å². The van der Waals surface area contributed by atoms with E-state index in [9.17, 15) is 13.2 Å². The summed E-state index contributed by atoms with van der Waals surface area (Å²) in [6, 6.07) is 6.77. The molecule has 0 aliphatic carbocycles. The summed E-state index contributed by atoms with van der Waals surface area (Å²) in [6.45, 7) is 5.11. The quantitative estimate of drug-likeness (QED) is 0.677. The summed E-state index contributed by atoms with van der Waals surface area (Å²) in [4.78, 5) is 8.16. The van der Waals surface area contributed by atoms with Gasteiger partial charge in [0.25, 0.3) is 0 Å². The molecule has 0 bridgehead atoms. The van der Waals surface area contributed by atoms with Crippen LogP contribution in [0.1, 0.15) is 23.6 Å². The van der Waals surface area contributed by atoms with E-state index in [2.05, 4.69) is 16.6 Å². The third-order valence-corrected chi connectivity index (χ3v) is 3.74. The highest BCUT2D eigenvalue weighted by Crippen LogP contribution is 2.40. The lowest BCUT2D eigenvalue weighted by molar-refractivity contribution is -0.138. The summed E-state index contributed by atoms with van der Waals surface area (Å²) >= 11 is 0. The Morgan fingerprint density at radius 1 is 1.18 bits per heavy atom. The molecule has 0 aliphatic heterocycles. The molecule has 0 radical (unpaired) electrons. The maximum atomic E-state index is 13.4. The minimum absolute atomic E-state index is 0.0561. The molecule has 0 amide bonds. The van der Waals surface area contributed by atoms with Crippen LogP contribution in [0.4, 0.5) is 19.0 Å². The number of nitrogens with two attached hydrogens (primary N) is 3. The highest BCUT2D eigenvalue weighted by Gasteiger charge is 2.36. The first-order chi connectivity index (χ1) is 13.1. The zero-order chi connectivity index (χ0) is 21.1. The number of hydrogen-bond donors (Lipinski definition) is 3. The van der Waals surface area contributed by atoms with Crippen LogP contribution in [0.5, 0.6) is 5.75 Å². The molecule has 1 heterocycles. The maximum absolute atomic E-state index is 13.4. The van der Waals surface area contributed by atoms with Gasteiger partial charge in [-0.15, -0.1) is 0 Å². The van der Waals surface area contributed by atoms with Gasteiger partial charge >= 0.3 is 6.18 Å². The standard InChI is InChI=1S/C19H20F3N5O/c1-10(23)16(12-7-8-15(25)26-9-12)17(27-11(2)24)13-5-4-6-14(18(13)28-3)19(20,21)22/h4-9H,2,23-24H2,1,3H3,(H2,25,26)/b16-10-,27-17?. The molecule has 1 aromatic carbocycles. The normalized spacial score (nSPS) is 13.1. The van der Waals surface area contributed by atoms with E-state index >= 15 is 0 Å². The van der Waals surface area contributed by atoms with E-state index in [4.69, 9.17) is 21.9 Å². The highest BCUT2D eigenvalue weighted by molar-refractivity contribution is 6.33. The lowest BCUT2D eigenvalue weighted by Gasteiger charge is -2.19. The number of benzene rings is 1. The van der Waals surface area contributed by atoms with Gasteiger partial charge in [-0.25, -0.2) is 9.98 Å². The molecule has 0 saturated carbocycles. The van der Waals surface area contributed by atoms with Crippen molar-refractivity contribution < 1.29 is 17.9 Å². The van der Waals surface area contributed by atoms with Gasteiger partial charge < -0.3 is 21.9 Å². The van der Waals surface area contributed by atoms with E-state index in [-0.39, 0.29) is 28.6 Å². The van der Waals surface area contributed by atoms with E-state index in [0.29, 0.717) is 11.1 Å². The number of allylic oxidation sites excluding steroid dienone is 2. The predicted octanol–water partition coefficient (Wildman–Crippen LogP) is 3.30. The molecule has 0 aliphatic rings. The lowest BCUT2D eigenvalue weighted by atomic mass is 9.93. The predicted molar refractivity (Wildman–Crippen MR) is 103 cm³/mol. The van der Waals surface area contributed by atoms with Crippen LogP contribution in [0.2, 0.25) is 0 Å². The topological polar surface area (TPSA) is 113 Å². The summed E-state index contributed by atoms with van der Waals surface area (Å²) in [5.41, 5.74) is 17.6. The molecule has 148 valence electrons. The van der Waals surface area contributed by atoms with Crippen molar-refractivity contribution in [2.45, 2.75) is 13.1 Å². The van der Waals surface area contributed by atoms with E-state index < -0.39 is 17.5 Å². The Bertz CT molecular complexity index is 943. The molecule has 6 nitrogen and oxygen atoms in total. The van der Waals surface area contributed by atoms with Crippen molar-refractivity contribution in [2.24, 2.45) is 16.5 Å². The van der Waals surface area contributed by atoms with E-state index in [1.807, 2.05) is 0 Å².